The summed E-state index contributed by atoms with van der Waals surface area (Å²) in [5, 5.41) is 18.5. The van der Waals surface area contributed by atoms with Crippen LogP contribution < -0.4 is 5.32 Å². The highest BCUT2D eigenvalue weighted by atomic mass is 16.4. The highest BCUT2D eigenvalue weighted by molar-refractivity contribution is 5.93. The lowest BCUT2D eigenvalue weighted by Crippen LogP contribution is -2.34. The lowest BCUT2D eigenvalue weighted by atomic mass is 9.94. The molecule has 26 heavy (non-hydrogen) atoms. The molecule has 6 heteroatoms. The molecule has 0 spiro atoms. The van der Waals surface area contributed by atoms with Crippen molar-refractivity contribution in [3.05, 3.63) is 65.5 Å². The summed E-state index contributed by atoms with van der Waals surface area (Å²) in [6, 6.07) is 13.7. The Morgan fingerprint density at radius 2 is 1.92 bits per heavy atom. The number of aliphatic carboxylic acids is 1. The zero-order chi connectivity index (χ0) is 18.7. The van der Waals surface area contributed by atoms with E-state index in [1.54, 1.807) is 24.9 Å². The van der Waals surface area contributed by atoms with Crippen molar-refractivity contribution in [3.8, 4) is 0 Å². The molecular weight excluding hydrogens is 330 g/mol. The van der Waals surface area contributed by atoms with Gasteiger partial charge in [-0.15, -0.1) is 0 Å². The Kier molecular flexibility index (Phi) is 5.02. The van der Waals surface area contributed by atoms with Gasteiger partial charge in [-0.3, -0.25) is 14.3 Å². The van der Waals surface area contributed by atoms with Gasteiger partial charge in [-0.1, -0.05) is 42.5 Å². The molecule has 1 heterocycles. The van der Waals surface area contributed by atoms with Gasteiger partial charge in [-0.05, 0) is 29.7 Å². The molecule has 3 rings (SSSR count). The second-order valence-electron chi connectivity index (χ2n) is 6.42. The van der Waals surface area contributed by atoms with Gasteiger partial charge in [0.15, 0.2) is 5.69 Å². The quantitative estimate of drug-likeness (QED) is 0.715. The van der Waals surface area contributed by atoms with Crippen LogP contribution in [0.2, 0.25) is 0 Å². The van der Waals surface area contributed by atoms with E-state index < -0.39 is 11.9 Å². The number of aryl methyl sites for hydroxylation is 2. The van der Waals surface area contributed by atoms with E-state index in [2.05, 4.69) is 10.4 Å². The lowest BCUT2D eigenvalue weighted by molar-refractivity contribution is -0.141. The predicted molar refractivity (Wildman–Crippen MR) is 99.1 cm³/mol. The van der Waals surface area contributed by atoms with Gasteiger partial charge in [0.1, 0.15) is 0 Å². The van der Waals surface area contributed by atoms with Crippen molar-refractivity contribution in [2.24, 2.45) is 13.0 Å². The Bertz CT molecular complexity index is 957. The van der Waals surface area contributed by atoms with Gasteiger partial charge >= 0.3 is 5.97 Å². The summed E-state index contributed by atoms with van der Waals surface area (Å²) in [7, 11) is 1.74. The Morgan fingerprint density at radius 1 is 1.19 bits per heavy atom. The average molecular weight is 351 g/mol. The van der Waals surface area contributed by atoms with Crippen molar-refractivity contribution in [1.29, 1.82) is 0 Å². The maximum absolute atomic E-state index is 12.3. The van der Waals surface area contributed by atoms with E-state index in [1.165, 1.54) is 0 Å². The molecule has 2 N–H and O–H groups in total. The fourth-order valence-electron chi connectivity index (χ4n) is 3.11. The van der Waals surface area contributed by atoms with E-state index in [-0.39, 0.29) is 12.5 Å². The topological polar surface area (TPSA) is 84.2 Å². The van der Waals surface area contributed by atoms with Gasteiger partial charge in [0, 0.05) is 25.4 Å². The van der Waals surface area contributed by atoms with E-state index in [0.717, 1.165) is 21.9 Å². The van der Waals surface area contributed by atoms with Crippen LogP contribution in [-0.2, 0) is 18.3 Å². The molecule has 2 aromatic carbocycles. The van der Waals surface area contributed by atoms with Crippen LogP contribution in [0.1, 0.15) is 21.6 Å². The van der Waals surface area contributed by atoms with Gasteiger partial charge in [0.2, 0.25) is 0 Å². The third kappa shape index (κ3) is 3.74. The Labute approximate surface area is 151 Å². The number of carbonyl (C=O) groups excluding carboxylic acids is 1. The summed E-state index contributed by atoms with van der Waals surface area (Å²) in [5.74, 6) is -2.00. The molecule has 3 aromatic rings. The zero-order valence-electron chi connectivity index (χ0n) is 14.8. The molecule has 0 aliphatic heterocycles. The van der Waals surface area contributed by atoms with Crippen molar-refractivity contribution in [2.75, 3.05) is 6.54 Å². The molecule has 1 atom stereocenters. The van der Waals surface area contributed by atoms with Gasteiger partial charge in [-0.2, -0.15) is 5.10 Å². The van der Waals surface area contributed by atoms with Crippen LogP contribution in [0.3, 0.4) is 0 Å². The number of rotatable bonds is 6. The summed E-state index contributed by atoms with van der Waals surface area (Å²) in [6.07, 6.45) is 2.10. The number of benzene rings is 2. The number of nitrogens with zero attached hydrogens (tertiary/aromatic N) is 2. The summed E-state index contributed by atoms with van der Waals surface area (Å²) in [6.45, 7) is 1.85. The maximum Gasteiger partial charge on any atom is 0.308 e. The molecule has 134 valence electrons. The number of carboxylic acids is 1. The number of carbonyl (C=O) groups is 2. The number of nitrogens with one attached hydrogen (secondary N) is 1. The molecule has 0 saturated heterocycles. The fourth-order valence-corrected chi connectivity index (χ4v) is 3.11. The van der Waals surface area contributed by atoms with Crippen molar-refractivity contribution >= 4 is 22.6 Å². The molecule has 0 fully saturated rings. The van der Waals surface area contributed by atoms with Gasteiger partial charge < -0.3 is 10.4 Å². The van der Waals surface area contributed by atoms with Crippen LogP contribution in [0.4, 0.5) is 0 Å². The second kappa shape index (κ2) is 7.39. The van der Waals surface area contributed by atoms with Gasteiger partial charge in [0.05, 0.1) is 5.92 Å². The Hall–Kier alpha value is -3.15. The molecule has 0 aliphatic carbocycles. The first-order chi connectivity index (χ1) is 12.5. The van der Waals surface area contributed by atoms with E-state index in [9.17, 15) is 14.7 Å². The van der Waals surface area contributed by atoms with Crippen molar-refractivity contribution in [1.82, 2.24) is 15.1 Å². The van der Waals surface area contributed by atoms with Crippen molar-refractivity contribution in [2.45, 2.75) is 13.3 Å². The third-order valence-electron chi connectivity index (χ3n) is 4.43. The molecule has 1 aromatic heterocycles. The molecule has 0 saturated carbocycles. The second-order valence-corrected chi connectivity index (χ2v) is 6.42. The highest BCUT2D eigenvalue weighted by Crippen LogP contribution is 2.21. The monoisotopic (exact) mass is 351 g/mol. The van der Waals surface area contributed by atoms with Crippen LogP contribution in [0.25, 0.3) is 10.8 Å². The number of carboxylic acid groups (broad SMARTS) is 1. The Morgan fingerprint density at radius 3 is 2.62 bits per heavy atom. The van der Waals surface area contributed by atoms with Crippen LogP contribution in [0.15, 0.2) is 48.7 Å². The standard InChI is InChI=1S/C20H21N3O3/c1-13-12-23(2)22-18(13)19(24)21-11-16(20(25)26)10-15-8-5-7-14-6-3-4-9-17(14)15/h3-9,12,16H,10-11H2,1-2H3,(H,21,24)(H,25,26). The maximum atomic E-state index is 12.3. The van der Waals surface area contributed by atoms with Gasteiger partial charge in [-0.25, -0.2) is 0 Å². The van der Waals surface area contributed by atoms with E-state index >= 15 is 0 Å². The predicted octanol–water partition coefficient (Wildman–Crippen LogP) is 2.56. The lowest BCUT2D eigenvalue weighted by Gasteiger charge is -2.15. The molecule has 0 aliphatic rings. The Balaban J connectivity index is 1.74. The summed E-state index contributed by atoms with van der Waals surface area (Å²) in [5.41, 5.74) is 2.03. The molecule has 1 unspecified atom stereocenters. The highest BCUT2D eigenvalue weighted by Gasteiger charge is 2.21. The average Bonchev–Trinajstić information content (AvgIpc) is 2.96. The minimum atomic E-state index is -0.934. The zero-order valence-corrected chi connectivity index (χ0v) is 14.8. The number of amides is 1. The van der Waals surface area contributed by atoms with Crippen molar-refractivity contribution in [3.63, 3.8) is 0 Å². The van der Waals surface area contributed by atoms with E-state index in [1.807, 2.05) is 42.5 Å². The van der Waals surface area contributed by atoms with Crippen LogP contribution in [-0.4, -0.2) is 33.3 Å². The van der Waals surface area contributed by atoms with Gasteiger partial charge in [0.25, 0.3) is 5.91 Å². The molecule has 0 bridgehead atoms. The number of aromatic nitrogens is 2. The van der Waals surface area contributed by atoms with E-state index in [0.29, 0.717) is 12.1 Å². The SMILES string of the molecule is Cc1cn(C)nc1C(=O)NCC(Cc1cccc2ccccc12)C(=O)O. The minimum absolute atomic E-state index is 0.0490. The molecule has 0 radical (unpaired) electrons. The van der Waals surface area contributed by atoms with Crippen LogP contribution in [0.5, 0.6) is 0 Å². The number of hydrogen-bond acceptors (Lipinski definition) is 3. The normalized spacial score (nSPS) is 12.1. The van der Waals surface area contributed by atoms with E-state index in [4.69, 9.17) is 0 Å². The number of hydrogen-bond donors (Lipinski definition) is 2. The van der Waals surface area contributed by atoms with Crippen molar-refractivity contribution < 1.29 is 14.7 Å². The largest absolute Gasteiger partial charge is 0.481 e. The first kappa shape index (κ1) is 17.7. The summed E-state index contributed by atoms with van der Waals surface area (Å²) in [4.78, 5) is 24.0. The molecule has 6 nitrogen and oxygen atoms in total. The van der Waals surface area contributed by atoms with Crippen LogP contribution in [0, 0.1) is 12.8 Å². The smallest absolute Gasteiger partial charge is 0.308 e. The molecular formula is C20H21N3O3. The fraction of sp³-hybridized carbons (Fsp3) is 0.250. The summed E-state index contributed by atoms with van der Waals surface area (Å²) >= 11 is 0. The molecule has 1 amide bonds. The first-order valence-electron chi connectivity index (χ1n) is 8.43. The van der Waals surface area contributed by atoms with Crippen LogP contribution >= 0.6 is 0 Å². The third-order valence-corrected chi connectivity index (χ3v) is 4.43. The first-order valence-corrected chi connectivity index (χ1v) is 8.43. The summed E-state index contributed by atoms with van der Waals surface area (Å²) < 4.78 is 1.56. The number of fused-ring (bicyclic) bond motifs is 1. The minimum Gasteiger partial charge on any atom is -0.481 e.